The fraction of sp³-hybridized carbons (Fsp3) is 0.190. The molecule has 0 saturated carbocycles. The third-order valence-corrected chi connectivity index (χ3v) is 5.06. The van der Waals surface area contributed by atoms with Crippen LogP contribution in [0.5, 0.6) is 5.75 Å². The maximum atomic E-state index is 6.07. The van der Waals surface area contributed by atoms with E-state index in [0.29, 0.717) is 0 Å². The Labute approximate surface area is 156 Å². The summed E-state index contributed by atoms with van der Waals surface area (Å²) in [6.45, 7) is 3.06. The number of methoxy groups -OCH3 is 1. The number of fused-ring (bicyclic) bond motifs is 1. The topological polar surface area (TPSA) is 39.7 Å². The average molecular weight is 364 g/mol. The van der Waals surface area contributed by atoms with Gasteiger partial charge in [-0.05, 0) is 30.7 Å². The molecular weight excluding hydrogens is 344 g/mol. The number of furan rings is 1. The van der Waals surface area contributed by atoms with E-state index in [2.05, 4.69) is 29.0 Å². The van der Waals surface area contributed by atoms with Gasteiger partial charge in [-0.2, -0.15) is 0 Å². The molecule has 0 aliphatic heterocycles. The van der Waals surface area contributed by atoms with Gasteiger partial charge in [-0.3, -0.25) is 0 Å². The molecule has 0 fully saturated rings. The average Bonchev–Trinajstić information content (AvgIpc) is 3.26. The van der Waals surface area contributed by atoms with Crippen molar-refractivity contribution in [3.63, 3.8) is 0 Å². The summed E-state index contributed by atoms with van der Waals surface area (Å²) in [5, 5.41) is 3.23. The molecule has 0 atom stereocenters. The van der Waals surface area contributed by atoms with Crippen molar-refractivity contribution in [2.24, 2.45) is 4.99 Å². The maximum absolute atomic E-state index is 6.07. The van der Waals surface area contributed by atoms with Crippen molar-refractivity contribution >= 4 is 28.0 Å². The highest BCUT2D eigenvalue weighted by Crippen LogP contribution is 2.28. The number of hydrogen-bond donors (Lipinski definition) is 0. The summed E-state index contributed by atoms with van der Waals surface area (Å²) in [6.07, 6.45) is 1.02. The van der Waals surface area contributed by atoms with E-state index in [1.165, 1.54) is 0 Å². The second kappa shape index (κ2) is 7.22. The number of rotatable bonds is 5. The smallest absolute Gasteiger partial charge is 0.190 e. The second-order valence-electron chi connectivity index (χ2n) is 6.02. The lowest BCUT2D eigenvalue weighted by atomic mass is 10.2. The number of aromatic nitrogens is 1. The van der Waals surface area contributed by atoms with Crippen molar-refractivity contribution in [3.05, 3.63) is 64.8 Å². The number of benzene rings is 2. The second-order valence-corrected chi connectivity index (χ2v) is 6.85. The molecule has 0 spiro atoms. The molecule has 4 nitrogen and oxygen atoms in total. The van der Waals surface area contributed by atoms with Crippen LogP contribution in [0.3, 0.4) is 0 Å². The van der Waals surface area contributed by atoms with Crippen molar-refractivity contribution < 1.29 is 9.15 Å². The Kier molecular flexibility index (Phi) is 4.63. The zero-order valence-electron chi connectivity index (χ0n) is 14.8. The van der Waals surface area contributed by atoms with Gasteiger partial charge < -0.3 is 13.7 Å². The molecule has 2 heterocycles. The summed E-state index contributed by atoms with van der Waals surface area (Å²) in [6, 6.07) is 18.0. The summed E-state index contributed by atoms with van der Waals surface area (Å²) in [7, 11) is 1.67. The van der Waals surface area contributed by atoms with Crippen LogP contribution < -0.4 is 9.54 Å². The maximum Gasteiger partial charge on any atom is 0.190 e. The molecule has 4 aromatic rings. The zero-order chi connectivity index (χ0) is 17.9. The number of hydrogen-bond acceptors (Lipinski definition) is 4. The molecule has 4 rings (SSSR count). The summed E-state index contributed by atoms with van der Waals surface area (Å²) in [5.74, 6) is 1.69. The Morgan fingerprint density at radius 3 is 2.81 bits per heavy atom. The van der Waals surface area contributed by atoms with E-state index in [1.807, 2.05) is 42.5 Å². The van der Waals surface area contributed by atoms with E-state index in [0.717, 1.165) is 51.6 Å². The molecule has 0 N–H and O–H groups in total. The highest BCUT2D eigenvalue weighted by atomic mass is 32.1. The molecule has 0 radical (unpaired) electrons. The van der Waals surface area contributed by atoms with E-state index < -0.39 is 0 Å². The highest BCUT2D eigenvalue weighted by Gasteiger charge is 2.12. The third-order valence-electron chi connectivity index (χ3n) is 4.20. The fourth-order valence-corrected chi connectivity index (χ4v) is 3.89. The van der Waals surface area contributed by atoms with Crippen LogP contribution in [-0.4, -0.2) is 11.7 Å². The molecule has 0 aliphatic carbocycles. The minimum atomic E-state index is 0.808. The Morgan fingerprint density at radius 1 is 1.12 bits per heavy atom. The van der Waals surface area contributed by atoms with Crippen molar-refractivity contribution in [1.82, 2.24) is 4.57 Å². The van der Waals surface area contributed by atoms with Gasteiger partial charge in [0.05, 0.1) is 18.5 Å². The molecule has 0 bridgehead atoms. The van der Waals surface area contributed by atoms with Crippen LogP contribution in [0.4, 0.5) is 5.69 Å². The largest absolute Gasteiger partial charge is 0.497 e. The first-order chi connectivity index (χ1) is 12.8. The van der Waals surface area contributed by atoms with Crippen molar-refractivity contribution in [2.45, 2.75) is 19.9 Å². The first kappa shape index (κ1) is 16.7. The molecule has 2 aromatic carbocycles. The normalized spacial score (nSPS) is 12.0. The van der Waals surface area contributed by atoms with E-state index in [4.69, 9.17) is 14.1 Å². The van der Waals surface area contributed by atoms with E-state index in [-0.39, 0.29) is 0 Å². The minimum absolute atomic E-state index is 0.808. The first-order valence-electron chi connectivity index (χ1n) is 8.64. The lowest BCUT2D eigenvalue weighted by Crippen LogP contribution is -2.15. The van der Waals surface area contributed by atoms with Gasteiger partial charge in [0.2, 0.25) is 0 Å². The molecule has 0 saturated heterocycles. The third kappa shape index (κ3) is 3.18. The highest BCUT2D eigenvalue weighted by molar-refractivity contribution is 7.07. The van der Waals surface area contributed by atoms with Crippen LogP contribution in [0.25, 0.3) is 22.4 Å². The van der Waals surface area contributed by atoms with Crippen LogP contribution >= 0.6 is 11.3 Å². The van der Waals surface area contributed by atoms with Crippen LogP contribution in [0, 0.1) is 0 Å². The van der Waals surface area contributed by atoms with Crippen molar-refractivity contribution in [3.8, 4) is 17.2 Å². The molecule has 132 valence electrons. The number of ether oxygens (including phenoxy) is 1. The quantitative estimate of drug-likeness (QED) is 0.461. The summed E-state index contributed by atoms with van der Waals surface area (Å²) in [4.78, 5) is 5.78. The predicted octanol–water partition coefficient (Wildman–Crippen LogP) is 5.61. The summed E-state index contributed by atoms with van der Waals surface area (Å²) < 4.78 is 13.6. The van der Waals surface area contributed by atoms with Crippen LogP contribution in [0.1, 0.15) is 13.3 Å². The molecule has 26 heavy (non-hydrogen) atoms. The molecule has 0 amide bonds. The fourth-order valence-electron chi connectivity index (χ4n) is 2.95. The summed E-state index contributed by atoms with van der Waals surface area (Å²) >= 11 is 1.62. The molecular formula is C21H20N2O2S. The van der Waals surface area contributed by atoms with Gasteiger partial charge in [0.25, 0.3) is 0 Å². The van der Waals surface area contributed by atoms with Gasteiger partial charge in [0.1, 0.15) is 11.3 Å². The number of para-hydroxylation sites is 1. The molecule has 0 aliphatic rings. The number of nitrogens with zero attached hydrogens (tertiary/aromatic N) is 2. The summed E-state index contributed by atoms with van der Waals surface area (Å²) in [5.41, 5.74) is 2.85. The van der Waals surface area contributed by atoms with Gasteiger partial charge in [-0.15, -0.1) is 11.3 Å². The van der Waals surface area contributed by atoms with E-state index in [1.54, 1.807) is 18.4 Å². The van der Waals surface area contributed by atoms with Crippen LogP contribution in [0.15, 0.2) is 69.4 Å². The van der Waals surface area contributed by atoms with Crippen molar-refractivity contribution in [2.75, 3.05) is 7.11 Å². The molecule has 0 unspecified atom stereocenters. The van der Waals surface area contributed by atoms with Crippen LogP contribution in [-0.2, 0) is 6.54 Å². The molecule has 5 heteroatoms. The Balaban J connectivity index is 1.83. The first-order valence-corrected chi connectivity index (χ1v) is 9.52. The Hall–Kier alpha value is -2.79. The standard InChI is InChI=1S/C21H20N2O2S/c1-3-11-23-18(20-12-15-7-4-5-10-19(15)25-20)14-26-21(23)22-16-8-6-9-17(13-16)24-2/h4-10,12-14H,3,11H2,1-2H3. The zero-order valence-corrected chi connectivity index (χ0v) is 15.6. The monoisotopic (exact) mass is 364 g/mol. The van der Waals surface area contributed by atoms with Gasteiger partial charge >= 0.3 is 0 Å². The van der Waals surface area contributed by atoms with E-state index >= 15 is 0 Å². The van der Waals surface area contributed by atoms with E-state index in [9.17, 15) is 0 Å². The number of thiazole rings is 1. The van der Waals surface area contributed by atoms with Gasteiger partial charge in [0, 0.05) is 23.4 Å². The lowest BCUT2D eigenvalue weighted by Gasteiger charge is -2.05. The van der Waals surface area contributed by atoms with Gasteiger partial charge in [0.15, 0.2) is 10.6 Å². The Morgan fingerprint density at radius 2 is 2.00 bits per heavy atom. The Bertz CT molecular complexity index is 1070. The minimum Gasteiger partial charge on any atom is -0.497 e. The van der Waals surface area contributed by atoms with Crippen molar-refractivity contribution in [1.29, 1.82) is 0 Å². The lowest BCUT2D eigenvalue weighted by molar-refractivity contribution is 0.415. The van der Waals surface area contributed by atoms with Crippen LogP contribution in [0.2, 0.25) is 0 Å². The van der Waals surface area contributed by atoms with Gasteiger partial charge in [-0.1, -0.05) is 31.2 Å². The molecule has 2 aromatic heterocycles. The SMILES string of the molecule is CCCn1c(-c2cc3ccccc3o2)csc1=Nc1cccc(OC)c1. The van der Waals surface area contributed by atoms with Gasteiger partial charge in [-0.25, -0.2) is 4.99 Å². The predicted molar refractivity (Wildman–Crippen MR) is 106 cm³/mol.